The lowest BCUT2D eigenvalue weighted by molar-refractivity contribution is -0.142. The molecule has 200 valence electrons. The van der Waals surface area contributed by atoms with Crippen molar-refractivity contribution in [2.75, 3.05) is 16.7 Å². The fourth-order valence-corrected chi connectivity index (χ4v) is 5.28. The Morgan fingerprint density at radius 2 is 1.67 bits per heavy atom. The van der Waals surface area contributed by atoms with Gasteiger partial charge in [0.15, 0.2) is 5.76 Å². The topological polar surface area (TPSA) is 133 Å². The summed E-state index contributed by atoms with van der Waals surface area (Å²) in [5.74, 6) is -1.15. The largest absolute Gasteiger partial charge is 0.467 e. The van der Waals surface area contributed by atoms with Crippen LogP contribution in [0.1, 0.15) is 35.5 Å². The molecular weight excluding hydrogens is 518 g/mol. The quantitative estimate of drug-likeness (QED) is 0.215. The number of aryl methyl sites for hydroxylation is 1. The molecule has 0 bridgehead atoms. The highest BCUT2D eigenvalue weighted by Crippen LogP contribution is 2.30. The van der Waals surface area contributed by atoms with E-state index in [4.69, 9.17) is 9.15 Å². The summed E-state index contributed by atoms with van der Waals surface area (Å²) in [5, 5.41) is 12.8. The second kappa shape index (κ2) is 11.5. The summed E-state index contributed by atoms with van der Waals surface area (Å²) in [6.45, 7) is 5.29. The maximum atomic E-state index is 12.9. The van der Waals surface area contributed by atoms with Gasteiger partial charge in [-0.05, 0) is 60.4 Å². The molecular formula is C29H27N3O6S. The zero-order chi connectivity index (χ0) is 28.3. The summed E-state index contributed by atoms with van der Waals surface area (Å²) < 4.78 is 33.7. The third kappa shape index (κ3) is 5.55. The summed E-state index contributed by atoms with van der Waals surface area (Å²) in [6.07, 6.45) is 0. The number of esters is 1. The van der Waals surface area contributed by atoms with E-state index in [2.05, 4.69) is 11.4 Å². The number of methoxy groups -OCH3 is 1. The Balaban J connectivity index is 1.53. The summed E-state index contributed by atoms with van der Waals surface area (Å²) >= 11 is -2.44. The fourth-order valence-electron chi connectivity index (χ4n) is 4.45. The Labute approximate surface area is 228 Å². The molecule has 10 heteroatoms. The lowest BCUT2D eigenvalue weighted by Crippen LogP contribution is -2.46. The van der Waals surface area contributed by atoms with Crippen LogP contribution in [-0.2, 0) is 20.8 Å². The number of carbonyl (C=O) groups excluding carboxylic acids is 2. The summed E-state index contributed by atoms with van der Waals surface area (Å²) in [7, 11) is 1.24. The lowest BCUT2D eigenvalue weighted by Gasteiger charge is -2.30. The van der Waals surface area contributed by atoms with Crippen molar-refractivity contribution in [2.45, 2.75) is 26.8 Å². The molecule has 2 N–H and O–H groups in total. The van der Waals surface area contributed by atoms with Crippen LogP contribution in [-0.4, -0.2) is 33.8 Å². The first-order valence-electron chi connectivity index (χ1n) is 12.1. The van der Waals surface area contributed by atoms with Crippen LogP contribution in [0.5, 0.6) is 0 Å². The van der Waals surface area contributed by atoms with Gasteiger partial charge in [-0.3, -0.25) is 13.7 Å². The Kier molecular flexibility index (Phi) is 8.14. The molecule has 1 aromatic heterocycles. The number of nitrogens with zero attached hydrogens (tertiary/aromatic N) is 2. The number of hydrogen-bond acceptors (Lipinski definition) is 6. The first kappa shape index (κ1) is 27.6. The van der Waals surface area contributed by atoms with Gasteiger partial charge in [0.1, 0.15) is 11.6 Å². The van der Waals surface area contributed by atoms with E-state index in [1.165, 1.54) is 7.11 Å². The minimum absolute atomic E-state index is 0.143. The van der Waals surface area contributed by atoms with Crippen molar-refractivity contribution in [1.82, 2.24) is 0 Å². The second-order valence-electron chi connectivity index (χ2n) is 9.19. The molecule has 0 aliphatic carbocycles. The van der Waals surface area contributed by atoms with Gasteiger partial charge in [-0.1, -0.05) is 44.2 Å². The zero-order valence-electron chi connectivity index (χ0n) is 21.8. The van der Waals surface area contributed by atoms with Gasteiger partial charge in [-0.25, -0.2) is 9.00 Å². The molecule has 0 radical (unpaired) electrons. The van der Waals surface area contributed by atoms with Gasteiger partial charge in [-0.15, -0.1) is 0 Å². The number of rotatable bonds is 8. The number of nitriles is 1. The first-order chi connectivity index (χ1) is 18.7. The number of ether oxygens (including phenoxy) is 1. The third-order valence-electron chi connectivity index (χ3n) is 6.37. The molecule has 0 aliphatic rings. The van der Waals surface area contributed by atoms with Crippen LogP contribution in [0.25, 0.3) is 22.1 Å². The van der Waals surface area contributed by atoms with Crippen LogP contribution < -0.4 is 9.62 Å². The maximum Gasteiger partial charge on any atom is 0.329 e. The number of amides is 1. The molecule has 4 aromatic rings. The summed E-state index contributed by atoms with van der Waals surface area (Å²) in [4.78, 5) is 25.2. The molecule has 1 heterocycles. The van der Waals surface area contributed by atoms with Gasteiger partial charge < -0.3 is 14.5 Å². The number of anilines is 2. The van der Waals surface area contributed by atoms with Crippen LogP contribution in [0.4, 0.5) is 11.4 Å². The molecule has 2 atom stereocenters. The van der Waals surface area contributed by atoms with E-state index in [9.17, 15) is 23.6 Å². The van der Waals surface area contributed by atoms with Gasteiger partial charge in [0, 0.05) is 16.6 Å². The summed E-state index contributed by atoms with van der Waals surface area (Å²) in [5.41, 5.74) is 4.15. The minimum Gasteiger partial charge on any atom is -0.467 e. The molecule has 3 aromatic carbocycles. The summed E-state index contributed by atoms with van der Waals surface area (Å²) in [6, 6.07) is 20.3. The lowest BCUT2D eigenvalue weighted by atomic mass is 10.0. The van der Waals surface area contributed by atoms with Gasteiger partial charge in [-0.2, -0.15) is 5.26 Å². The highest BCUT2D eigenvalue weighted by molar-refractivity contribution is 7.80. The normalized spacial score (nSPS) is 12.5. The maximum absolute atomic E-state index is 12.9. The van der Waals surface area contributed by atoms with Crippen LogP contribution in [0, 0.1) is 24.2 Å². The van der Waals surface area contributed by atoms with Crippen molar-refractivity contribution in [2.24, 2.45) is 5.92 Å². The Hall–Kier alpha value is -4.46. The Morgan fingerprint density at radius 1 is 1.05 bits per heavy atom. The number of nitrogens with one attached hydrogen (secondary N) is 1. The van der Waals surface area contributed by atoms with Crippen molar-refractivity contribution in [1.29, 1.82) is 5.26 Å². The monoisotopic (exact) mass is 545 g/mol. The average molecular weight is 546 g/mol. The predicted octanol–water partition coefficient (Wildman–Crippen LogP) is 5.67. The average Bonchev–Trinajstić information content (AvgIpc) is 3.28. The van der Waals surface area contributed by atoms with Crippen molar-refractivity contribution in [3.63, 3.8) is 0 Å². The van der Waals surface area contributed by atoms with Gasteiger partial charge in [0.05, 0.1) is 24.4 Å². The Bertz CT molecular complexity index is 1590. The molecule has 0 fully saturated rings. The van der Waals surface area contributed by atoms with Gasteiger partial charge >= 0.3 is 5.97 Å². The Morgan fingerprint density at radius 3 is 2.21 bits per heavy atom. The molecule has 1 amide bonds. The van der Waals surface area contributed by atoms with Crippen molar-refractivity contribution >= 4 is 45.5 Å². The van der Waals surface area contributed by atoms with E-state index < -0.39 is 29.2 Å². The van der Waals surface area contributed by atoms with E-state index in [-0.39, 0.29) is 11.7 Å². The number of fused-ring (bicyclic) bond motifs is 1. The molecule has 4 rings (SSSR count). The van der Waals surface area contributed by atoms with E-state index in [0.717, 1.165) is 15.4 Å². The molecule has 0 saturated carbocycles. The van der Waals surface area contributed by atoms with Crippen molar-refractivity contribution in [3.8, 4) is 17.2 Å². The molecule has 39 heavy (non-hydrogen) atoms. The van der Waals surface area contributed by atoms with Crippen LogP contribution >= 0.6 is 0 Å². The molecule has 9 nitrogen and oxygen atoms in total. The fraction of sp³-hybridized carbons (Fsp3) is 0.207. The highest BCUT2D eigenvalue weighted by atomic mass is 32.2. The van der Waals surface area contributed by atoms with Crippen molar-refractivity contribution < 1.29 is 27.5 Å². The zero-order valence-corrected chi connectivity index (χ0v) is 22.6. The highest BCUT2D eigenvalue weighted by Gasteiger charge is 2.33. The van der Waals surface area contributed by atoms with E-state index in [0.29, 0.717) is 33.5 Å². The van der Waals surface area contributed by atoms with Crippen LogP contribution in [0.15, 0.2) is 71.1 Å². The predicted molar refractivity (Wildman–Crippen MR) is 149 cm³/mol. The number of furan rings is 1. The minimum atomic E-state index is -2.44. The van der Waals surface area contributed by atoms with Crippen LogP contribution in [0.3, 0.4) is 0 Å². The standard InChI is InChI=1S/C29H27N3O6S/c1-17(2)26(29(34)37-4)32(39(35)36)23-14-10-20(11-15-23)19-8-12-22(13-9-19)31-28(33)27-18(3)25-21(16-30)6-5-7-24(25)38-27/h5-15,17,26H,1-4H3,(H,31,33)(H,35,36). The molecule has 0 aliphatic heterocycles. The second-order valence-corrected chi connectivity index (χ2v) is 10.0. The van der Waals surface area contributed by atoms with Crippen molar-refractivity contribution in [3.05, 3.63) is 83.6 Å². The molecule has 2 unspecified atom stereocenters. The number of hydrogen-bond donors (Lipinski definition) is 2. The SMILES string of the molecule is COC(=O)C(C(C)C)N(c1ccc(-c2ccc(NC(=O)c3oc4cccc(C#N)c4c3C)cc2)cc1)S(=O)O. The van der Waals surface area contributed by atoms with E-state index >= 15 is 0 Å². The number of benzene rings is 3. The molecule has 0 saturated heterocycles. The van der Waals surface area contributed by atoms with E-state index in [1.807, 2.05) is 12.1 Å². The van der Waals surface area contributed by atoms with Gasteiger partial charge in [0.25, 0.3) is 17.2 Å². The van der Waals surface area contributed by atoms with E-state index in [1.54, 1.807) is 75.4 Å². The number of carbonyl (C=O) groups is 2. The first-order valence-corrected chi connectivity index (χ1v) is 13.1. The van der Waals surface area contributed by atoms with Gasteiger partial charge in [0.2, 0.25) is 0 Å². The smallest absolute Gasteiger partial charge is 0.329 e. The third-order valence-corrected chi connectivity index (χ3v) is 7.15. The molecule has 0 spiro atoms. The van der Waals surface area contributed by atoms with Crippen LogP contribution in [0.2, 0.25) is 0 Å².